The van der Waals surface area contributed by atoms with E-state index in [1.54, 1.807) is 42.2 Å². The zero-order valence-corrected chi connectivity index (χ0v) is 24.4. The summed E-state index contributed by atoms with van der Waals surface area (Å²) in [7, 11) is 0. The molecule has 44 heavy (non-hydrogen) atoms. The molecule has 1 aliphatic rings. The van der Waals surface area contributed by atoms with Crippen molar-refractivity contribution < 1.29 is 14.0 Å². The van der Waals surface area contributed by atoms with Crippen LogP contribution in [0, 0.1) is 12.7 Å². The number of carbonyl (C=O) groups excluding carboxylic acids is 2. The average molecular weight is 601 g/mol. The van der Waals surface area contributed by atoms with E-state index in [-0.39, 0.29) is 23.1 Å². The minimum atomic E-state index is -0.482. The first-order valence-corrected chi connectivity index (χ1v) is 14.9. The number of carbonyl (C=O) groups is 2. The summed E-state index contributed by atoms with van der Waals surface area (Å²) in [5.41, 5.74) is 5.53. The van der Waals surface area contributed by atoms with E-state index in [4.69, 9.17) is 4.98 Å². The van der Waals surface area contributed by atoms with E-state index in [0.717, 1.165) is 32.6 Å². The first-order chi connectivity index (χ1) is 21.4. The molecule has 0 aliphatic carbocycles. The summed E-state index contributed by atoms with van der Waals surface area (Å²) in [6.07, 6.45) is 0.524. The molecule has 7 rings (SSSR count). The van der Waals surface area contributed by atoms with Crippen molar-refractivity contribution in [2.45, 2.75) is 13.3 Å². The summed E-state index contributed by atoms with van der Waals surface area (Å²) >= 11 is 1.33. The third-order valence-electron chi connectivity index (χ3n) is 7.77. The number of hydrogen-bond acceptors (Lipinski definition) is 5. The number of thiophene rings is 1. The van der Waals surface area contributed by atoms with Crippen LogP contribution < -0.4 is 15.8 Å². The van der Waals surface area contributed by atoms with Gasteiger partial charge in [-0.25, -0.2) is 9.37 Å². The van der Waals surface area contributed by atoms with Gasteiger partial charge in [0.05, 0.1) is 21.9 Å². The number of aryl methyl sites for hydroxylation is 1. The second kappa shape index (κ2) is 11.0. The van der Waals surface area contributed by atoms with Gasteiger partial charge in [0.2, 0.25) is 5.56 Å². The topological polar surface area (TPSA) is 95.2 Å². The molecule has 0 fully saturated rings. The van der Waals surface area contributed by atoms with Crippen molar-refractivity contribution in [2.75, 3.05) is 16.8 Å². The molecule has 0 atom stereocenters. The molecule has 0 saturated carbocycles. The average Bonchev–Trinajstić information content (AvgIpc) is 3.40. The third-order valence-corrected chi connectivity index (χ3v) is 8.98. The summed E-state index contributed by atoms with van der Waals surface area (Å²) in [6, 6.07) is 28.4. The quantitative estimate of drug-likeness (QED) is 0.223. The number of aromatic nitrogens is 2. The fraction of sp³-hybridized carbons (Fsp3) is 0.0857. The molecular formula is C35H25FN4O3S. The van der Waals surface area contributed by atoms with Gasteiger partial charge in [0, 0.05) is 34.1 Å². The van der Waals surface area contributed by atoms with E-state index in [2.05, 4.69) is 10.3 Å². The Labute approximate surface area is 255 Å². The molecule has 0 saturated heterocycles. The third kappa shape index (κ3) is 4.97. The van der Waals surface area contributed by atoms with Crippen molar-refractivity contribution in [3.05, 3.63) is 135 Å². The normalized spacial score (nSPS) is 12.4. The van der Waals surface area contributed by atoms with Crippen LogP contribution >= 0.6 is 11.3 Å². The van der Waals surface area contributed by atoms with Crippen molar-refractivity contribution in [3.8, 4) is 21.7 Å². The SMILES string of the molecule is Cc1cccc(F)c1NC(=O)c1cc2c(s1)-c1ccccc1N(C(=O)c1cccc(-c3ccc4ccc(=O)[nH]c4c3)n1)CC2. The number of nitrogens with zero attached hydrogens (tertiary/aromatic N) is 2. The van der Waals surface area contributed by atoms with Gasteiger partial charge in [-0.15, -0.1) is 11.3 Å². The highest BCUT2D eigenvalue weighted by molar-refractivity contribution is 7.17. The predicted molar refractivity (Wildman–Crippen MR) is 172 cm³/mol. The van der Waals surface area contributed by atoms with Crippen LogP contribution in [0.3, 0.4) is 0 Å². The Morgan fingerprint density at radius 3 is 2.64 bits per heavy atom. The van der Waals surface area contributed by atoms with Crippen molar-refractivity contribution in [3.63, 3.8) is 0 Å². The van der Waals surface area contributed by atoms with E-state index >= 15 is 0 Å². The summed E-state index contributed by atoms with van der Waals surface area (Å²) in [4.78, 5) is 49.7. The van der Waals surface area contributed by atoms with Crippen LogP contribution in [0.2, 0.25) is 0 Å². The molecule has 2 N–H and O–H groups in total. The van der Waals surface area contributed by atoms with Crippen LogP contribution in [0.25, 0.3) is 32.6 Å². The van der Waals surface area contributed by atoms with Gasteiger partial charge in [0.1, 0.15) is 11.5 Å². The van der Waals surface area contributed by atoms with Gasteiger partial charge in [-0.1, -0.05) is 48.5 Å². The minimum absolute atomic E-state index is 0.171. The molecule has 0 bridgehead atoms. The number of hydrogen-bond donors (Lipinski definition) is 2. The largest absolute Gasteiger partial charge is 0.322 e. The number of aromatic amines is 1. The van der Waals surface area contributed by atoms with E-state index in [0.29, 0.717) is 40.3 Å². The molecular weight excluding hydrogens is 575 g/mol. The van der Waals surface area contributed by atoms with Crippen LogP contribution in [0.15, 0.2) is 102 Å². The number of pyridine rings is 2. The van der Waals surface area contributed by atoms with E-state index in [1.807, 2.05) is 54.6 Å². The standard InChI is InChI=1S/C35H25FN4O3S/c1-20-6-4-8-25(36)32(20)39-34(42)30-19-23-16-17-40(29-11-3-2-7-24(29)33(23)44-30)35(43)27-10-5-9-26(37-27)22-13-12-21-14-15-31(41)38-28(21)18-22/h2-15,18-19H,16-17H2,1H3,(H,38,41)(H,39,42). The Morgan fingerprint density at radius 1 is 0.955 bits per heavy atom. The first kappa shape index (κ1) is 27.4. The number of nitrogens with one attached hydrogen (secondary N) is 2. The Morgan fingerprint density at radius 2 is 1.77 bits per heavy atom. The maximum absolute atomic E-state index is 14.4. The Hall–Kier alpha value is -5.41. The molecule has 216 valence electrons. The van der Waals surface area contributed by atoms with Gasteiger partial charge < -0.3 is 15.2 Å². The summed E-state index contributed by atoms with van der Waals surface area (Å²) in [5.74, 6) is -1.10. The monoisotopic (exact) mass is 600 g/mol. The molecule has 3 aromatic heterocycles. The Bertz CT molecular complexity index is 2150. The fourth-order valence-electron chi connectivity index (χ4n) is 5.55. The predicted octanol–water partition coefficient (Wildman–Crippen LogP) is 7.22. The lowest BCUT2D eigenvalue weighted by molar-refractivity contribution is 0.0981. The second-order valence-corrected chi connectivity index (χ2v) is 11.7. The Kier molecular flexibility index (Phi) is 6.87. The molecule has 0 spiro atoms. The maximum Gasteiger partial charge on any atom is 0.276 e. The van der Waals surface area contributed by atoms with Crippen molar-refractivity contribution in [1.29, 1.82) is 0 Å². The molecule has 3 aromatic carbocycles. The highest BCUT2D eigenvalue weighted by atomic mass is 32.1. The summed E-state index contributed by atoms with van der Waals surface area (Å²) in [6.45, 7) is 2.13. The highest BCUT2D eigenvalue weighted by Crippen LogP contribution is 2.42. The van der Waals surface area contributed by atoms with Crippen molar-refractivity contribution in [2.24, 2.45) is 0 Å². The molecule has 1 aliphatic heterocycles. The molecule has 9 heteroatoms. The van der Waals surface area contributed by atoms with Crippen LogP contribution in [0.5, 0.6) is 0 Å². The fourth-order valence-corrected chi connectivity index (χ4v) is 6.69. The molecule has 7 nitrogen and oxygen atoms in total. The first-order valence-electron chi connectivity index (χ1n) is 14.1. The highest BCUT2D eigenvalue weighted by Gasteiger charge is 2.28. The van der Waals surface area contributed by atoms with Crippen LogP contribution in [-0.2, 0) is 6.42 Å². The lowest BCUT2D eigenvalue weighted by Crippen LogP contribution is -2.33. The Balaban J connectivity index is 1.20. The number of benzene rings is 3. The maximum atomic E-state index is 14.4. The van der Waals surface area contributed by atoms with Gasteiger partial charge in [-0.3, -0.25) is 14.4 Å². The van der Waals surface area contributed by atoms with Gasteiger partial charge in [0.25, 0.3) is 11.8 Å². The smallest absolute Gasteiger partial charge is 0.276 e. The van der Waals surface area contributed by atoms with Crippen molar-refractivity contribution in [1.82, 2.24) is 9.97 Å². The zero-order chi connectivity index (χ0) is 30.4. The number of halogens is 1. The number of fused-ring (bicyclic) bond motifs is 4. The number of para-hydroxylation sites is 2. The van der Waals surface area contributed by atoms with Gasteiger partial charge in [-0.2, -0.15) is 0 Å². The van der Waals surface area contributed by atoms with Gasteiger partial charge >= 0.3 is 0 Å². The molecule has 6 aromatic rings. The summed E-state index contributed by atoms with van der Waals surface area (Å²) in [5, 5.41) is 3.63. The zero-order valence-electron chi connectivity index (χ0n) is 23.6. The minimum Gasteiger partial charge on any atom is -0.322 e. The van der Waals surface area contributed by atoms with Crippen LogP contribution in [-0.4, -0.2) is 28.3 Å². The summed E-state index contributed by atoms with van der Waals surface area (Å²) < 4.78 is 14.4. The number of H-pyrrole nitrogens is 1. The van der Waals surface area contributed by atoms with E-state index in [9.17, 15) is 18.8 Å². The number of anilines is 2. The van der Waals surface area contributed by atoms with E-state index < -0.39 is 5.82 Å². The second-order valence-electron chi connectivity index (χ2n) is 10.6. The molecule has 2 amide bonds. The van der Waals surface area contributed by atoms with E-state index in [1.165, 1.54) is 23.5 Å². The van der Waals surface area contributed by atoms with Gasteiger partial charge in [-0.05, 0) is 72.3 Å². The van der Waals surface area contributed by atoms with Gasteiger partial charge in [0.15, 0.2) is 0 Å². The number of amides is 2. The van der Waals surface area contributed by atoms with Crippen LogP contribution in [0.4, 0.5) is 15.8 Å². The molecule has 4 heterocycles. The van der Waals surface area contributed by atoms with Crippen molar-refractivity contribution >= 4 is 45.4 Å². The molecule has 0 unspecified atom stereocenters. The van der Waals surface area contributed by atoms with Crippen LogP contribution in [0.1, 0.15) is 31.3 Å². The molecule has 0 radical (unpaired) electrons. The lowest BCUT2D eigenvalue weighted by atomic mass is 10.1. The lowest BCUT2D eigenvalue weighted by Gasteiger charge is -2.23. The number of rotatable bonds is 4.